The van der Waals surface area contributed by atoms with Crippen LogP contribution in [0.25, 0.3) is 16.0 Å². The van der Waals surface area contributed by atoms with Crippen molar-refractivity contribution in [1.29, 1.82) is 0 Å². The summed E-state index contributed by atoms with van der Waals surface area (Å²) in [5.41, 5.74) is 0.921. The van der Waals surface area contributed by atoms with Crippen LogP contribution in [0.5, 0.6) is 0 Å². The second-order valence-corrected chi connectivity index (χ2v) is 8.79. The lowest BCUT2D eigenvalue weighted by molar-refractivity contribution is -0.132. The van der Waals surface area contributed by atoms with Gasteiger partial charge in [-0.3, -0.25) is 14.5 Å². The van der Waals surface area contributed by atoms with E-state index < -0.39 is 35.1 Å². The van der Waals surface area contributed by atoms with E-state index in [0.29, 0.717) is 20.8 Å². The number of fused-ring (bicyclic) bond motifs is 1. The van der Waals surface area contributed by atoms with Crippen molar-refractivity contribution in [3.8, 4) is 0 Å². The summed E-state index contributed by atoms with van der Waals surface area (Å²) in [6.45, 7) is 0. The van der Waals surface area contributed by atoms with E-state index in [9.17, 15) is 23.5 Å². The van der Waals surface area contributed by atoms with Gasteiger partial charge in [-0.1, -0.05) is 35.1 Å². The molecule has 1 amide bonds. The third-order valence-corrected chi connectivity index (χ3v) is 6.52. The molecule has 1 aliphatic rings. The summed E-state index contributed by atoms with van der Waals surface area (Å²) in [5, 5.41) is 11.5. The highest BCUT2D eigenvalue weighted by Gasteiger charge is 2.48. The van der Waals surface area contributed by atoms with E-state index in [2.05, 4.69) is 4.98 Å². The van der Waals surface area contributed by atoms with Gasteiger partial charge in [-0.05, 0) is 60.2 Å². The second kappa shape index (κ2) is 8.06. The molecule has 33 heavy (non-hydrogen) atoms. The Morgan fingerprint density at radius 2 is 1.73 bits per heavy atom. The van der Waals surface area contributed by atoms with Crippen molar-refractivity contribution in [2.24, 2.45) is 0 Å². The van der Waals surface area contributed by atoms with Gasteiger partial charge in [0, 0.05) is 10.6 Å². The lowest BCUT2D eigenvalue weighted by Crippen LogP contribution is -2.29. The number of ketones is 1. The normalized spacial score (nSPS) is 17.8. The minimum Gasteiger partial charge on any atom is -0.507 e. The number of nitrogens with zero attached hydrogens (tertiary/aromatic N) is 2. The highest BCUT2D eigenvalue weighted by molar-refractivity contribution is 7.22. The SMILES string of the molecule is O=C1C(=O)N(c2nc3ccc(F)cc3s2)C(c2cccc(Cl)c2)/C1=C(\O)c1ccc(F)cc1. The molecule has 0 spiro atoms. The molecule has 0 radical (unpaired) electrons. The number of hydrogen-bond donors (Lipinski definition) is 1. The van der Waals surface area contributed by atoms with Crippen molar-refractivity contribution in [3.63, 3.8) is 0 Å². The molecule has 3 aromatic carbocycles. The van der Waals surface area contributed by atoms with Crippen LogP contribution < -0.4 is 4.90 Å². The first-order valence-corrected chi connectivity index (χ1v) is 10.9. The number of rotatable bonds is 3. The topological polar surface area (TPSA) is 70.5 Å². The number of thiazole rings is 1. The standard InChI is InChI=1S/C24H13ClF2N2O3S/c25-14-3-1-2-13(10-14)20-19(21(30)12-4-6-15(26)7-5-12)22(31)23(32)29(20)24-28-17-9-8-16(27)11-18(17)33-24/h1-11,20,30H/b21-19+. The monoisotopic (exact) mass is 482 g/mol. The lowest BCUT2D eigenvalue weighted by Gasteiger charge is -2.23. The van der Waals surface area contributed by atoms with Crippen LogP contribution in [-0.2, 0) is 9.59 Å². The molecule has 1 saturated heterocycles. The summed E-state index contributed by atoms with van der Waals surface area (Å²) < 4.78 is 27.6. The van der Waals surface area contributed by atoms with E-state index in [1.54, 1.807) is 24.3 Å². The predicted octanol–water partition coefficient (Wildman–Crippen LogP) is 5.85. The van der Waals surface area contributed by atoms with E-state index in [1.165, 1.54) is 35.2 Å². The third-order valence-electron chi connectivity index (χ3n) is 5.27. The number of aromatic nitrogens is 1. The van der Waals surface area contributed by atoms with Crippen LogP contribution in [0.15, 0.2) is 72.3 Å². The zero-order valence-electron chi connectivity index (χ0n) is 16.6. The fourth-order valence-electron chi connectivity index (χ4n) is 3.77. The summed E-state index contributed by atoms with van der Waals surface area (Å²) in [7, 11) is 0. The quantitative estimate of drug-likeness (QED) is 0.226. The van der Waals surface area contributed by atoms with Crippen LogP contribution in [-0.4, -0.2) is 21.8 Å². The van der Waals surface area contributed by atoms with Gasteiger partial charge in [-0.25, -0.2) is 13.8 Å². The van der Waals surface area contributed by atoms with Gasteiger partial charge in [0.15, 0.2) is 5.13 Å². The summed E-state index contributed by atoms with van der Waals surface area (Å²) in [5.74, 6) is -3.24. The first-order chi connectivity index (χ1) is 15.8. The Hall–Kier alpha value is -3.62. The maximum absolute atomic E-state index is 13.7. The van der Waals surface area contributed by atoms with Crippen molar-refractivity contribution >= 4 is 55.7 Å². The van der Waals surface area contributed by atoms with Gasteiger partial charge >= 0.3 is 5.91 Å². The van der Waals surface area contributed by atoms with Gasteiger partial charge in [0.1, 0.15) is 17.4 Å². The second-order valence-electron chi connectivity index (χ2n) is 7.34. The number of halogens is 3. The minimum atomic E-state index is -1.04. The number of benzene rings is 3. The molecule has 0 aliphatic carbocycles. The molecular formula is C24H13ClF2N2O3S. The van der Waals surface area contributed by atoms with E-state index in [1.807, 2.05) is 0 Å². The van der Waals surface area contributed by atoms with Gasteiger partial charge in [0.05, 0.1) is 21.8 Å². The van der Waals surface area contributed by atoms with Crippen LogP contribution >= 0.6 is 22.9 Å². The van der Waals surface area contributed by atoms with Gasteiger partial charge in [0.25, 0.3) is 5.78 Å². The number of Topliss-reactive ketones (excluding diaryl/α,β-unsaturated/α-hetero) is 1. The Balaban J connectivity index is 1.74. The molecule has 2 heterocycles. The van der Waals surface area contributed by atoms with Gasteiger partial charge in [-0.2, -0.15) is 0 Å². The van der Waals surface area contributed by atoms with E-state index >= 15 is 0 Å². The van der Waals surface area contributed by atoms with Gasteiger partial charge < -0.3 is 5.11 Å². The Kier molecular flexibility index (Phi) is 5.19. The molecule has 1 aromatic heterocycles. The molecule has 5 rings (SSSR count). The predicted molar refractivity (Wildman–Crippen MR) is 122 cm³/mol. The lowest BCUT2D eigenvalue weighted by atomic mass is 9.95. The van der Waals surface area contributed by atoms with E-state index in [-0.39, 0.29) is 16.3 Å². The van der Waals surface area contributed by atoms with E-state index in [0.717, 1.165) is 23.5 Å². The smallest absolute Gasteiger partial charge is 0.301 e. The van der Waals surface area contributed by atoms with E-state index in [4.69, 9.17) is 11.6 Å². The van der Waals surface area contributed by atoms with Crippen LogP contribution in [0.3, 0.4) is 0 Å². The molecule has 1 unspecified atom stereocenters. The molecule has 1 N–H and O–H groups in total. The molecule has 5 nitrogen and oxygen atoms in total. The largest absolute Gasteiger partial charge is 0.507 e. The molecule has 1 atom stereocenters. The first kappa shape index (κ1) is 21.2. The minimum absolute atomic E-state index is 0.167. The van der Waals surface area contributed by atoms with Crippen LogP contribution in [0.2, 0.25) is 5.02 Å². The zero-order valence-corrected chi connectivity index (χ0v) is 18.2. The van der Waals surface area contributed by atoms with Crippen molar-refractivity contribution in [1.82, 2.24) is 4.98 Å². The van der Waals surface area contributed by atoms with Crippen molar-refractivity contribution < 1.29 is 23.5 Å². The average molecular weight is 483 g/mol. The molecule has 0 bridgehead atoms. The number of carbonyl (C=O) groups excluding carboxylic acids is 2. The summed E-state index contributed by atoms with van der Waals surface area (Å²) >= 11 is 7.21. The average Bonchev–Trinajstić information content (AvgIpc) is 3.32. The number of hydrogen-bond acceptors (Lipinski definition) is 5. The van der Waals surface area contributed by atoms with Crippen molar-refractivity contribution in [2.75, 3.05) is 4.90 Å². The van der Waals surface area contributed by atoms with Gasteiger partial charge in [-0.15, -0.1) is 0 Å². The fraction of sp³-hybridized carbons (Fsp3) is 0.0417. The summed E-state index contributed by atoms with van der Waals surface area (Å²) in [6.07, 6.45) is 0. The number of aliphatic hydroxyl groups excluding tert-OH is 1. The van der Waals surface area contributed by atoms with Crippen LogP contribution in [0.4, 0.5) is 13.9 Å². The number of amides is 1. The Morgan fingerprint density at radius 3 is 2.45 bits per heavy atom. The molecule has 0 saturated carbocycles. The molecule has 1 fully saturated rings. The molecule has 9 heteroatoms. The maximum atomic E-state index is 13.7. The Morgan fingerprint density at radius 1 is 1.00 bits per heavy atom. The zero-order chi connectivity index (χ0) is 23.3. The van der Waals surface area contributed by atoms with Crippen molar-refractivity contribution in [2.45, 2.75) is 6.04 Å². The summed E-state index contributed by atoms with van der Waals surface area (Å²) in [6, 6.07) is 14.4. The number of aliphatic hydroxyl groups is 1. The highest BCUT2D eigenvalue weighted by atomic mass is 35.5. The number of anilines is 1. The van der Waals surface area contributed by atoms with Crippen LogP contribution in [0.1, 0.15) is 17.2 Å². The molecule has 1 aliphatic heterocycles. The molecule has 4 aromatic rings. The number of carbonyl (C=O) groups is 2. The highest BCUT2D eigenvalue weighted by Crippen LogP contribution is 2.44. The molecule has 164 valence electrons. The maximum Gasteiger partial charge on any atom is 0.301 e. The third kappa shape index (κ3) is 3.67. The van der Waals surface area contributed by atoms with Gasteiger partial charge in [0.2, 0.25) is 0 Å². The fourth-order valence-corrected chi connectivity index (χ4v) is 4.99. The molecular weight excluding hydrogens is 470 g/mol. The first-order valence-electron chi connectivity index (χ1n) is 9.72. The Labute approximate surface area is 195 Å². The van der Waals surface area contributed by atoms with Crippen molar-refractivity contribution in [3.05, 3.63) is 100 Å². The van der Waals surface area contributed by atoms with Crippen LogP contribution in [0, 0.1) is 11.6 Å². The summed E-state index contributed by atoms with van der Waals surface area (Å²) in [4.78, 5) is 31.8. The Bertz CT molecular complexity index is 1470.